The van der Waals surface area contributed by atoms with Crippen LogP contribution in [0.25, 0.3) is 0 Å². The first-order valence-electron chi connectivity index (χ1n) is 10.8. The van der Waals surface area contributed by atoms with E-state index in [1.54, 1.807) is 18.2 Å². The van der Waals surface area contributed by atoms with Crippen molar-refractivity contribution >= 4 is 23.9 Å². The third-order valence-electron chi connectivity index (χ3n) is 4.62. The van der Waals surface area contributed by atoms with Crippen LogP contribution in [0.15, 0.2) is 24.3 Å². The summed E-state index contributed by atoms with van der Waals surface area (Å²) in [6.07, 6.45) is 8.17. The van der Waals surface area contributed by atoms with Crippen LogP contribution in [0.3, 0.4) is 0 Å². The molecule has 0 aliphatic carbocycles. The molecule has 0 aromatic heterocycles. The summed E-state index contributed by atoms with van der Waals surface area (Å²) >= 11 is 0. The SMILES string of the molecule is O=C(O)CCCCCCCC(=O)O.O=C1OCCCCCCOC(=O)c2cccc1c2. The molecule has 8 heteroatoms. The van der Waals surface area contributed by atoms with Gasteiger partial charge in [-0.25, -0.2) is 9.59 Å². The van der Waals surface area contributed by atoms with Crippen LogP contribution in [0.4, 0.5) is 0 Å². The van der Waals surface area contributed by atoms with E-state index in [1.807, 2.05) is 0 Å². The number of esters is 2. The first-order valence-corrected chi connectivity index (χ1v) is 10.8. The van der Waals surface area contributed by atoms with Gasteiger partial charge in [0.1, 0.15) is 0 Å². The van der Waals surface area contributed by atoms with Crippen molar-refractivity contribution in [1.82, 2.24) is 0 Å². The largest absolute Gasteiger partial charge is 0.481 e. The Kier molecular flexibility index (Phi) is 13.4. The quantitative estimate of drug-likeness (QED) is 0.452. The second-order valence-corrected chi connectivity index (χ2v) is 7.32. The molecule has 172 valence electrons. The standard InChI is InChI=1S/C14H16O4.C9H16O4/c15-13-11-6-5-7-12(10-11)14(16)18-9-4-2-1-3-8-17-13;10-8(11)6-4-2-1-3-5-7-9(12)13/h5-7,10H,1-4,8-9H2;1-7H2,(H,10,11)(H,12,13). The molecule has 1 heterocycles. The number of unbranched alkanes of at least 4 members (excludes halogenated alkanes) is 4. The van der Waals surface area contributed by atoms with Gasteiger partial charge in [0.25, 0.3) is 0 Å². The maximum absolute atomic E-state index is 11.7. The predicted octanol–water partition coefficient (Wildman–Crippen LogP) is 4.46. The highest BCUT2D eigenvalue weighted by molar-refractivity contribution is 5.95. The van der Waals surface area contributed by atoms with Crippen molar-refractivity contribution in [2.45, 2.75) is 70.6 Å². The summed E-state index contributed by atoms with van der Waals surface area (Å²) in [5.41, 5.74) is 0.785. The van der Waals surface area contributed by atoms with E-state index in [2.05, 4.69) is 0 Å². The molecule has 0 atom stereocenters. The molecule has 0 saturated heterocycles. The van der Waals surface area contributed by atoms with Gasteiger partial charge in [-0.15, -0.1) is 0 Å². The molecule has 0 amide bonds. The number of carbonyl (C=O) groups is 4. The summed E-state index contributed by atoms with van der Waals surface area (Å²) < 4.78 is 10.3. The molecule has 0 spiro atoms. The average Bonchev–Trinajstić information content (AvgIpc) is 2.75. The second kappa shape index (κ2) is 15.9. The van der Waals surface area contributed by atoms with Crippen LogP contribution in [0.2, 0.25) is 0 Å². The molecule has 2 bridgehead atoms. The Morgan fingerprint density at radius 1 is 0.710 bits per heavy atom. The van der Waals surface area contributed by atoms with Gasteiger partial charge < -0.3 is 19.7 Å². The van der Waals surface area contributed by atoms with E-state index >= 15 is 0 Å². The molecular formula is C23H32O8. The van der Waals surface area contributed by atoms with Gasteiger partial charge >= 0.3 is 23.9 Å². The molecule has 1 aliphatic heterocycles. The van der Waals surface area contributed by atoms with Crippen molar-refractivity contribution in [2.24, 2.45) is 0 Å². The molecule has 8 nitrogen and oxygen atoms in total. The van der Waals surface area contributed by atoms with Crippen LogP contribution in [-0.2, 0) is 19.1 Å². The van der Waals surface area contributed by atoms with E-state index in [4.69, 9.17) is 19.7 Å². The minimum absolute atomic E-state index is 0.221. The maximum atomic E-state index is 11.7. The third kappa shape index (κ3) is 13.1. The lowest BCUT2D eigenvalue weighted by molar-refractivity contribution is -0.138. The number of carboxylic acids is 2. The van der Waals surface area contributed by atoms with Gasteiger partial charge in [0.05, 0.1) is 24.3 Å². The number of hydrogen-bond acceptors (Lipinski definition) is 6. The van der Waals surface area contributed by atoms with Crippen LogP contribution < -0.4 is 0 Å². The Bertz CT molecular complexity index is 658. The molecule has 0 unspecified atom stereocenters. The van der Waals surface area contributed by atoms with Gasteiger partial charge in [-0.2, -0.15) is 0 Å². The van der Waals surface area contributed by atoms with E-state index in [-0.39, 0.29) is 24.8 Å². The molecule has 0 fully saturated rings. The number of cyclic esters (lactones) is 2. The van der Waals surface area contributed by atoms with Crippen LogP contribution in [0, 0.1) is 0 Å². The first kappa shape index (κ1) is 26.1. The van der Waals surface area contributed by atoms with E-state index in [9.17, 15) is 19.2 Å². The fraction of sp³-hybridized carbons (Fsp3) is 0.565. The monoisotopic (exact) mass is 436 g/mol. The lowest BCUT2D eigenvalue weighted by Crippen LogP contribution is -2.09. The van der Waals surface area contributed by atoms with Gasteiger partial charge in [-0.3, -0.25) is 9.59 Å². The third-order valence-corrected chi connectivity index (χ3v) is 4.62. The molecule has 1 aliphatic rings. The Hall–Kier alpha value is -2.90. The summed E-state index contributed by atoms with van der Waals surface area (Å²) in [5, 5.41) is 16.6. The minimum atomic E-state index is -0.759. The van der Waals surface area contributed by atoms with Crippen molar-refractivity contribution < 1.29 is 38.9 Å². The van der Waals surface area contributed by atoms with Crippen molar-refractivity contribution in [1.29, 1.82) is 0 Å². The Labute approximate surface area is 182 Å². The smallest absolute Gasteiger partial charge is 0.338 e. The number of carboxylic acid groups (broad SMARTS) is 2. The molecule has 0 saturated carbocycles. The van der Waals surface area contributed by atoms with Gasteiger partial charge in [-0.05, 0) is 56.7 Å². The fourth-order valence-electron chi connectivity index (χ4n) is 2.91. The molecule has 1 aromatic carbocycles. The van der Waals surface area contributed by atoms with Crippen molar-refractivity contribution in [2.75, 3.05) is 13.2 Å². The zero-order valence-electron chi connectivity index (χ0n) is 17.8. The number of ether oxygens (including phenoxy) is 2. The molecule has 1 aromatic rings. The Morgan fingerprint density at radius 2 is 1.13 bits per heavy atom. The van der Waals surface area contributed by atoms with Gasteiger partial charge in [0, 0.05) is 12.8 Å². The number of aliphatic carboxylic acids is 2. The number of rotatable bonds is 8. The second-order valence-electron chi connectivity index (χ2n) is 7.32. The van der Waals surface area contributed by atoms with Gasteiger partial charge in [-0.1, -0.05) is 25.3 Å². The number of fused-ring (bicyclic) bond motifs is 2. The van der Waals surface area contributed by atoms with Crippen LogP contribution >= 0.6 is 0 Å². The van der Waals surface area contributed by atoms with E-state index in [0.717, 1.165) is 44.9 Å². The summed E-state index contributed by atoms with van der Waals surface area (Å²) in [6, 6.07) is 6.45. The van der Waals surface area contributed by atoms with Crippen LogP contribution in [0.1, 0.15) is 91.3 Å². The summed E-state index contributed by atoms with van der Waals surface area (Å²) in [4.78, 5) is 43.6. The molecule has 31 heavy (non-hydrogen) atoms. The van der Waals surface area contributed by atoms with Crippen LogP contribution in [0.5, 0.6) is 0 Å². The maximum Gasteiger partial charge on any atom is 0.338 e. The normalized spacial score (nSPS) is 14.5. The van der Waals surface area contributed by atoms with Gasteiger partial charge in [0.15, 0.2) is 0 Å². The number of benzene rings is 1. The van der Waals surface area contributed by atoms with E-state index in [0.29, 0.717) is 37.2 Å². The minimum Gasteiger partial charge on any atom is -0.481 e. The highest BCUT2D eigenvalue weighted by Crippen LogP contribution is 2.11. The topological polar surface area (TPSA) is 127 Å². The van der Waals surface area contributed by atoms with Crippen molar-refractivity contribution in [3.8, 4) is 0 Å². The zero-order chi connectivity index (χ0) is 22.9. The molecule has 2 N–H and O–H groups in total. The lowest BCUT2D eigenvalue weighted by atomic mass is 10.1. The highest BCUT2D eigenvalue weighted by atomic mass is 16.5. The molecule has 2 rings (SSSR count). The average molecular weight is 437 g/mol. The molecule has 0 radical (unpaired) electrons. The number of carbonyl (C=O) groups excluding carboxylic acids is 2. The van der Waals surface area contributed by atoms with Gasteiger partial charge in [0.2, 0.25) is 0 Å². The van der Waals surface area contributed by atoms with Crippen molar-refractivity contribution in [3.63, 3.8) is 0 Å². The fourth-order valence-corrected chi connectivity index (χ4v) is 2.91. The lowest BCUT2D eigenvalue weighted by Gasteiger charge is -2.05. The van der Waals surface area contributed by atoms with Crippen molar-refractivity contribution in [3.05, 3.63) is 35.4 Å². The predicted molar refractivity (Wildman–Crippen MR) is 113 cm³/mol. The Balaban J connectivity index is 0.000000330. The highest BCUT2D eigenvalue weighted by Gasteiger charge is 2.13. The summed E-state index contributed by atoms with van der Waals surface area (Å²) in [6.45, 7) is 0.857. The number of hydrogen-bond donors (Lipinski definition) is 2. The van der Waals surface area contributed by atoms with Crippen LogP contribution in [-0.4, -0.2) is 47.3 Å². The first-order chi connectivity index (χ1) is 14.9. The molecular weight excluding hydrogens is 404 g/mol. The summed E-state index contributed by atoms with van der Waals surface area (Å²) in [7, 11) is 0. The van der Waals surface area contributed by atoms with E-state index in [1.165, 1.54) is 6.07 Å². The van der Waals surface area contributed by atoms with E-state index < -0.39 is 11.9 Å². The Morgan fingerprint density at radius 3 is 1.55 bits per heavy atom. The summed E-state index contributed by atoms with van der Waals surface area (Å²) in [5.74, 6) is -2.29. The zero-order valence-corrected chi connectivity index (χ0v) is 17.8.